The molecule has 0 saturated carbocycles. The minimum Gasteiger partial charge on any atom is -0.308 e. The summed E-state index contributed by atoms with van der Waals surface area (Å²) in [6.07, 6.45) is 35.0. The second-order valence-corrected chi connectivity index (χ2v) is 40.7. The summed E-state index contributed by atoms with van der Waals surface area (Å²) < 4.78 is 0. The van der Waals surface area contributed by atoms with Crippen LogP contribution in [0.15, 0.2) is 317 Å². The zero-order chi connectivity index (χ0) is 90.7. The summed E-state index contributed by atoms with van der Waals surface area (Å²) in [5, 5.41) is 0. The van der Waals surface area contributed by atoms with Crippen LogP contribution in [0.1, 0.15) is 179 Å². The van der Waals surface area contributed by atoms with Crippen LogP contribution in [-0.2, 0) is 103 Å². The molecule has 12 heteroatoms. The Hall–Kier alpha value is -17.0. The van der Waals surface area contributed by atoms with E-state index < -0.39 is 0 Å². The lowest BCUT2D eigenvalue weighted by Crippen LogP contribution is -2.26. The summed E-state index contributed by atoms with van der Waals surface area (Å²) in [5.74, 6) is 1.05. The van der Waals surface area contributed by atoms with Gasteiger partial charge in [0.05, 0.1) is 97.2 Å². The van der Waals surface area contributed by atoms with Crippen LogP contribution in [0.3, 0.4) is 0 Å². The van der Waals surface area contributed by atoms with Gasteiger partial charge in [0.25, 0.3) is 0 Å². The first kappa shape index (κ1) is 76.2. The minimum absolute atomic E-state index is 0.796. The number of nitrogens with zero attached hydrogens (tertiary/aromatic N) is 12. The number of aromatic nitrogens is 8. The Morgan fingerprint density at radius 1 is 0.150 bits per heavy atom. The normalized spacial score (nSPS) is 14.9. The van der Waals surface area contributed by atoms with E-state index in [1.165, 1.54) is 307 Å². The van der Waals surface area contributed by atoms with Crippen molar-refractivity contribution in [1.82, 2.24) is 39.9 Å². The summed E-state index contributed by atoms with van der Waals surface area (Å²) in [6, 6.07) is 95.4. The van der Waals surface area contributed by atoms with Crippen molar-refractivity contribution < 1.29 is 0 Å². The SMILES string of the molecule is c1ccc2c(c1)Cc1ccc3c(c1-2)Cc1ccc2c(c1-3)Cc1ccnc3c1N2c1cccnc1C3.c1ccc2c(c1)Cc1ccc3c(c1-2)Cc1ccc2c(c1-3)Cc1ccnc3c1N2c1ccncc1C3.c1ccc2c(c1)Cc1ccc3c(c1-2)Cc1ccc2c(c1-3)Cc1ccnc3c1N2c1cnccc1C3.c1ccc2c(c1)Cc1ccc3c(c1-2)Cc1ccc2c(c1-3)Cc1ccnc3c1N2c1ncccc1C3. The first-order chi connectivity index (χ1) is 69.4. The van der Waals surface area contributed by atoms with Gasteiger partial charge in [0.1, 0.15) is 5.82 Å². The van der Waals surface area contributed by atoms with Gasteiger partial charge < -0.3 is 14.7 Å². The third-order valence-electron chi connectivity index (χ3n) is 33.8. The molecule has 36 rings (SSSR count). The van der Waals surface area contributed by atoms with Gasteiger partial charge in [0, 0.05) is 118 Å². The van der Waals surface area contributed by atoms with Gasteiger partial charge in [0.15, 0.2) is 0 Å². The molecule has 0 fully saturated rings. The molecule has 8 aromatic heterocycles. The zero-order valence-corrected chi connectivity index (χ0v) is 76.7. The lowest BCUT2D eigenvalue weighted by atomic mass is 9.85. The maximum absolute atomic E-state index is 4.85. The Morgan fingerprint density at radius 3 is 0.900 bits per heavy atom. The third-order valence-corrected chi connectivity index (χ3v) is 33.8. The van der Waals surface area contributed by atoms with E-state index in [1.807, 2.05) is 68.0 Å². The fourth-order valence-electron chi connectivity index (χ4n) is 28.2. The summed E-state index contributed by atoms with van der Waals surface area (Å²) in [6.45, 7) is 0. The molecule has 656 valence electrons. The average molecular weight is 1790 g/mol. The van der Waals surface area contributed by atoms with E-state index in [1.54, 1.807) is 0 Å². The Bertz CT molecular complexity index is 8100. The van der Waals surface area contributed by atoms with Crippen LogP contribution in [-0.4, -0.2) is 39.9 Å². The molecule has 16 aliphatic rings. The quantitative estimate of drug-likeness (QED) is 0.144. The molecule has 0 amide bonds. The molecule has 0 radical (unpaired) electrons. The van der Waals surface area contributed by atoms with Crippen molar-refractivity contribution in [3.05, 3.63) is 495 Å². The lowest BCUT2D eigenvalue weighted by molar-refractivity contribution is 0.927. The highest BCUT2D eigenvalue weighted by Gasteiger charge is 2.45. The molecule has 20 aromatic rings. The molecule has 0 atom stereocenters. The van der Waals surface area contributed by atoms with Crippen LogP contribution in [0, 0.1) is 0 Å². The fourth-order valence-corrected chi connectivity index (χ4v) is 28.2. The van der Waals surface area contributed by atoms with Gasteiger partial charge in [-0.3, -0.25) is 39.8 Å². The van der Waals surface area contributed by atoms with E-state index in [4.69, 9.17) is 29.9 Å². The number of anilines is 12. The largest absolute Gasteiger partial charge is 0.308 e. The van der Waals surface area contributed by atoms with Crippen molar-refractivity contribution in [3.8, 4) is 89.0 Å². The first-order valence-electron chi connectivity index (χ1n) is 49.7. The average Bonchev–Trinajstić information content (AvgIpc) is 1.42. The zero-order valence-electron chi connectivity index (χ0n) is 76.7. The van der Waals surface area contributed by atoms with Crippen LogP contribution in [0.25, 0.3) is 89.0 Å². The molecule has 0 spiro atoms. The van der Waals surface area contributed by atoms with Crippen LogP contribution in [0.5, 0.6) is 0 Å². The summed E-state index contributed by atoms with van der Waals surface area (Å²) in [5.41, 5.74) is 81.3. The van der Waals surface area contributed by atoms with Gasteiger partial charge in [-0.2, -0.15) is 0 Å². The van der Waals surface area contributed by atoms with Gasteiger partial charge in [-0.05, 0) is 358 Å². The lowest BCUT2D eigenvalue weighted by Gasteiger charge is -2.39. The molecule has 140 heavy (non-hydrogen) atoms. The predicted molar refractivity (Wildman–Crippen MR) is 555 cm³/mol. The fraction of sp³-hybridized carbons (Fsp3) is 0.125. The second-order valence-electron chi connectivity index (χ2n) is 40.7. The van der Waals surface area contributed by atoms with Crippen LogP contribution >= 0.6 is 0 Å². The van der Waals surface area contributed by atoms with Crippen molar-refractivity contribution in [2.45, 2.75) is 103 Å². The number of hydrogen-bond donors (Lipinski definition) is 0. The van der Waals surface area contributed by atoms with Crippen molar-refractivity contribution in [2.75, 3.05) is 19.6 Å². The highest BCUT2D eigenvalue weighted by Crippen LogP contribution is 2.63. The van der Waals surface area contributed by atoms with E-state index >= 15 is 0 Å². The molecule has 12 aromatic carbocycles. The highest BCUT2D eigenvalue weighted by molar-refractivity contribution is 6.04. The molecule has 8 aliphatic heterocycles. The van der Waals surface area contributed by atoms with Crippen molar-refractivity contribution in [3.63, 3.8) is 0 Å². The summed E-state index contributed by atoms with van der Waals surface area (Å²) in [4.78, 5) is 47.3. The van der Waals surface area contributed by atoms with Crippen LogP contribution in [0.4, 0.5) is 68.4 Å². The molecule has 0 N–H and O–H groups in total. The molecule has 0 saturated heterocycles. The standard InChI is InChI=1S/4C32H21N3/c1-2-6-23-18(4-1)14-19-7-9-24-25(29(19)23)15-20-8-10-28-26(30(20)24)16-21-11-13-33-27-17-22-5-3-12-34-32(22)35(28)31(21)27;1-2-5-22-18(4-1)14-19-7-9-23-24(30(19)22)15-20-8-10-28-25(31(20)23)16-21-11-13-34-27-17-26-29(6-3-12-33-26)35(28)32(21)27;1-2-4-23-18(3-1)13-19-5-7-24-25(30(19)23)14-20-6-8-29-26(31(20)24)15-21-9-12-34-27-16-22-17-33-11-10-28(22)35(29)32(21)27;1-2-4-23-18(3-1)13-20-5-7-24-25(30(20)23)14-21-6-8-28-26(31(21)24)15-22-10-12-34-27-16-19-9-11-33-17-29(19)35(28)32(22)27/h2*1-13H,14-17H2;2*1-12,17H,13-16H2. The predicted octanol–water partition coefficient (Wildman–Crippen LogP) is 27.6. The smallest absolute Gasteiger partial charge is 0.141 e. The first-order valence-corrected chi connectivity index (χ1v) is 49.7. The Morgan fingerprint density at radius 2 is 0.457 bits per heavy atom. The number of benzene rings is 12. The highest BCUT2D eigenvalue weighted by atomic mass is 15.2. The third kappa shape index (κ3) is 10.5. The van der Waals surface area contributed by atoms with Gasteiger partial charge in [0.2, 0.25) is 0 Å². The number of pyridine rings is 8. The summed E-state index contributed by atoms with van der Waals surface area (Å²) >= 11 is 0. The molecule has 0 bridgehead atoms. The maximum atomic E-state index is 4.85. The van der Waals surface area contributed by atoms with Crippen molar-refractivity contribution in [2.24, 2.45) is 0 Å². The van der Waals surface area contributed by atoms with Crippen LogP contribution < -0.4 is 19.6 Å². The van der Waals surface area contributed by atoms with Crippen molar-refractivity contribution in [1.29, 1.82) is 0 Å². The molecule has 8 aliphatic carbocycles. The Kier molecular flexibility index (Phi) is 15.4. The van der Waals surface area contributed by atoms with Gasteiger partial charge in [-0.1, -0.05) is 176 Å². The Labute approximate surface area is 809 Å². The van der Waals surface area contributed by atoms with E-state index in [0.717, 1.165) is 131 Å². The van der Waals surface area contributed by atoms with Gasteiger partial charge in [-0.15, -0.1) is 0 Å². The maximum Gasteiger partial charge on any atom is 0.141 e. The Balaban J connectivity index is 0.0000000829. The molecular formula is C128H84N12. The minimum atomic E-state index is 0.796. The van der Waals surface area contributed by atoms with Crippen molar-refractivity contribution >= 4 is 68.4 Å². The number of fused-ring (bicyclic) bond motifs is 48. The van der Waals surface area contributed by atoms with Crippen LogP contribution in [0.2, 0.25) is 0 Å². The van der Waals surface area contributed by atoms with E-state index in [9.17, 15) is 0 Å². The summed E-state index contributed by atoms with van der Waals surface area (Å²) in [7, 11) is 0. The second kappa shape index (κ2) is 28.4. The van der Waals surface area contributed by atoms with E-state index in [0.29, 0.717) is 0 Å². The molecular weight excluding hydrogens is 1710 g/mol. The van der Waals surface area contributed by atoms with Gasteiger partial charge >= 0.3 is 0 Å². The molecule has 0 unspecified atom stereocenters. The number of hydrogen-bond acceptors (Lipinski definition) is 12. The molecule has 16 heterocycles. The van der Waals surface area contributed by atoms with E-state index in [-0.39, 0.29) is 0 Å². The van der Waals surface area contributed by atoms with Gasteiger partial charge in [-0.25, -0.2) is 4.98 Å². The monoisotopic (exact) mass is 1790 g/mol. The van der Waals surface area contributed by atoms with E-state index in [2.05, 4.69) is 278 Å². The molecule has 12 nitrogen and oxygen atoms in total. The number of rotatable bonds is 0. The topological polar surface area (TPSA) is 116 Å².